The molecule has 0 aliphatic heterocycles. The van der Waals surface area contributed by atoms with Gasteiger partial charge in [-0.2, -0.15) is 0 Å². The number of rotatable bonds is 6. The topological polar surface area (TPSA) is 56.4 Å². The third-order valence-corrected chi connectivity index (χ3v) is 4.88. The Bertz CT molecular complexity index is 1110. The Hall–Kier alpha value is -3.73. The van der Waals surface area contributed by atoms with Gasteiger partial charge in [0.05, 0.1) is 31.2 Å². The summed E-state index contributed by atoms with van der Waals surface area (Å²) in [5, 5.41) is 2.94. The monoisotopic (exact) mass is 386 g/mol. The summed E-state index contributed by atoms with van der Waals surface area (Å²) in [7, 11) is 1.65. The third kappa shape index (κ3) is 3.80. The second-order valence-corrected chi connectivity index (χ2v) is 6.69. The highest BCUT2D eigenvalue weighted by Crippen LogP contribution is 2.30. The van der Waals surface area contributed by atoms with Crippen LogP contribution in [0.2, 0.25) is 0 Å². The molecule has 0 aliphatic carbocycles. The fourth-order valence-corrected chi connectivity index (χ4v) is 3.42. The van der Waals surface area contributed by atoms with Crippen molar-refractivity contribution in [2.24, 2.45) is 0 Å². The highest BCUT2D eigenvalue weighted by molar-refractivity contribution is 5.97. The van der Waals surface area contributed by atoms with Gasteiger partial charge in [-0.1, -0.05) is 36.4 Å². The van der Waals surface area contributed by atoms with Gasteiger partial charge >= 0.3 is 0 Å². The van der Waals surface area contributed by atoms with Crippen LogP contribution in [0.15, 0.2) is 83.5 Å². The summed E-state index contributed by atoms with van der Waals surface area (Å²) in [6.07, 6.45) is 1.60. The number of furan rings is 1. The summed E-state index contributed by atoms with van der Waals surface area (Å²) in [5.74, 6) is 1.34. The van der Waals surface area contributed by atoms with E-state index >= 15 is 0 Å². The van der Waals surface area contributed by atoms with Crippen LogP contribution in [0.25, 0.3) is 16.9 Å². The zero-order valence-electron chi connectivity index (χ0n) is 16.4. The number of benzene rings is 2. The van der Waals surface area contributed by atoms with E-state index in [0.717, 1.165) is 28.4 Å². The predicted molar refractivity (Wildman–Crippen MR) is 112 cm³/mol. The maximum absolute atomic E-state index is 12.9. The van der Waals surface area contributed by atoms with Gasteiger partial charge in [0.2, 0.25) is 0 Å². The van der Waals surface area contributed by atoms with E-state index in [4.69, 9.17) is 9.15 Å². The Morgan fingerprint density at radius 1 is 1.03 bits per heavy atom. The molecule has 1 amide bonds. The van der Waals surface area contributed by atoms with E-state index in [2.05, 4.69) is 9.88 Å². The lowest BCUT2D eigenvalue weighted by Gasteiger charge is -2.13. The van der Waals surface area contributed by atoms with Crippen molar-refractivity contribution in [1.82, 2.24) is 9.88 Å². The molecular formula is C24H22N2O3. The maximum atomic E-state index is 12.9. The van der Waals surface area contributed by atoms with Crippen LogP contribution in [-0.2, 0) is 6.54 Å². The number of hydrogen-bond acceptors (Lipinski definition) is 3. The van der Waals surface area contributed by atoms with E-state index in [9.17, 15) is 4.79 Å². The van der Waals surface area contributed by atoms with Crippen molar-refractivity contribution in [3.05, 3.63) is 96.1 Å². The van der Waals surface area contributed by atoms with Crippen LogP contribution in [0, 0.1) is 6.92 Å². The van der Waals surface area contributed by atoms with Crippen LogP contribution in [-0.4, -0.2) is 17.6 Å². The van der Waals surface area contributed by atoms with Crippen LogP contribution >= 0.6 is 0 Å². The molecule has 2 aromatic carbocycles. The van der Waals surface area contributed by atoms with Gasteiger partial charge in [-0.25, -0.2) is 0 Å². The summed E-state index contributed by atoms with van der Waals surface area (Å²) >= 11 is 0. The van der Waals surface area contributed by atoms with Gasteiger partial charge in [-0.05, 0) is 42.8 Å². The number of carbonyl (C=O) groups is 1. The summed E-state index contributed by atoms with van der Waals surface area (Å²) < 4.78 is 12.8. The molecule has 2 aromatic heterocycles. The predicted octanol–water partition coefficient (Wildman–Crippen LogP) is 4.98. The second kappa shape index (κ2) is 8.10. The van der Waals surface area contributed by atoms with Crippen LogP contribution in [0.4, 0.5) is 0 Å². The SMILES string of the molecule is COc1cccc(-n2c(-c3ccccc3)cc(C(=O)NCc3ccco3)c2C)c1. The van der Waals surface area contributed by atoms with Gasteiger partial charge in [0.15, 0.2) is 0 Å². The number of nitrogens with zero attached hydrogens (tertiary/aromatic N) is 1. The van der Waals surface area contributed by atoms with E-state index < -0.39 is 0 Å². The summed E-state index contributed by atoms with van der Waals surface area (Å²) in [5.41, 5.74) is 4.39. The van der Waals surface area contributed by atoms with E-state index in [1.165, 1.54) is 0 Å². The number of methoxy groups -OCH3 is 1. The lowest BCUT2D eigenvalue weighted by Crippen LogP contribution is -2.23. The Morgan fingerprint density at radius 3 is 2.59 bits per heavy atom. The number of hydrogen-bond donors (Lipinski definition) is 1. The van der Waals surface area contributed by atoms with E-state index in [1.54, 1.807) is 19.4 Å². The number of amides is 1. The molecule has 5 nitrogen and oxygen atoms in total. The van der Waals surface area contributed by atoms with Gasteiger partial charge in [0.1, 0.15) is 11.5 Å². The Labute approximate surface area is 169 Å². The molecule has 0 radical (unpaired) electrons. The number of ether oxygens (including phenoxy) is 1. The first kappa shape index (κ1) is 18.6. The van der Waals surface area contributed by atoms with E-state index in [0.29, 0.717) is 17.9 Å². The smallest absolute Gasteiger partial charge is 0.253 e. The number of carbonyl (C=O) groups excluding carboxylic acids is 1. The Kier molecular flexibility index (Phi) is 5.20. The molecule has 29 heavy (non-hydrogen) atoms. The zero-order valence-corrected chi connectivity index (χ0v) is 16.4. The third-order valence-electron chi connectivity index (χ3n) is 4.88. The standard InChI is InChI=1S/C24H22N2O3/c1-17-22(24(27)25-16-21-12-7-13-29-21)15-23(18-8-4-3-5-9-18)26(17)19-10-6-11-20(14-19)28-2/h3-15H,16H2,1-2H3,(H,25,27). The number of nitrogens with one attached hydrogen (secondary N) is 1. The molecule has 0 unspecified atom stereocenters. The van der Waals surface area contributed by atoms with Crippen molar-refractivity contribution in [3.8, 4) is 22.7 Å². The van der Waals surface area contributed by atoms with E-state index in [-0.39, 0.29) is 5.91 Å². The molecule has 0 atom stereocenters. The van der Waals surface area contributed by atoms with Crippen molar-refractivity contribution in [1.29, 1.82) is 0 Å². The normalized spacial score (nSPS) is 10.7. The molecule has 0 fully saturated rings. The van der Waals surface area contributed by atoms with Crippen LogP contribution in [0.5, 0.6) is 5.75 Å². The minimum absolute atomic E-state index is 0.141. The Balaban J connectivity index is 1.77. The molecule has 4 aromatic rings. The van der Waals surface area contributed by atoms with Gasteiger partial charge < -0.3 is 19.0 Å². The first-order chi connectivity index (χ1) is 14.2. The lowest BCUT2D eigenvalue weighted by molar-refractivity contribution is 0.0947. The first-order valence-corrected chi connectivity index (χ1v) is 9.40. The highest BCUT2D eigenvalue weighted by atomic mass is 16.5. The fraction of sp³-hybridized carbons (Fsp3) is 0.125. The molecule has 0 aliphatic rings. The number of aromatic nitrogens is 1. The summed E-state index contributed by atoms with van der Waals surface area (Å²) in [4.78, 5) is 12.9. The van der Waals surface area contributed by atoms with Gasteiger partial charge in [0.25, 0.3) is 5.91 Å². The van der Waals surface area contributed by atoms with Gasteiger partial charge in [-0.3, -0.25) is 4.79 Å². The van der Waals surface area contributed by atoms with Crippen LogP contribution in [0.1, 0.15) is 21.8 Å². The van der Waals surface area contributed by atoms with Crippen molar-refractivity contribution in [3.63, 3.8) is 0 Å². The molecule has 146 valence electrons. The average molecular weight is 386 g/mol. The lowest BCUT2D eigenvalue weighted by atomic mass is 10.1. The fourth-order valence-electron chi connectivity index (χ4n) is 3.42. The van der Waals surface area contributed by atoms with Crippen molar-refractivity contribution >= 4 is 5.91 Å². The van der Waals surface area contributed by atoms with Crippen LogP contribution in [0.3, 0.4) is 0 Å². The summed E-state index contributed by atoms with van der Waals surface area (Å²) in [6.45, 7) is 2.30. The van der Waals surface area contributed by atoms with Gasteiger partial charge in [0, 0.05) is 17.4 Å². The zero-order chi connectivity index (χ0) is 20.2. The molecule has 2 heterocycles. The molecule has 5 heteroatoms. The molecule has 0 spiro atoms. The molecule has 1 N–H and O–H groups in total. The van der Waals surface area contributed by atoms with Crippen molar-refractivity contribution in [2.75, 3.05) is 7.11 Å². The van der Waals surface area contributed by atoms with Crippen molar-refractivity contribution < 1.29 is 13.9 Å². The summed E-state index contributed by atoms with van der Waals surface area (Å²) in [6, 6.07) is 23.4. The first-order valence-electron chi connectivity index (χ1n) is 9.40. The average Bonchev–Trinajstić information content (AvgIpc) is 3.40. The Morgan fingerprint density at radius 2 is 1.86 bits per heavy atom. The highest BCUT2D eigenvalue weighted by Gasteiger charge is 2.20. The van der Waals surface area contributed by atoms with Gasteiger partial charge in [-0.15, -0.1) is 0 Å². The molecule has 0 saturated carbocycles. The maximum Gasteiger partial charge on any atom is 0.253 e. The minimum Gasteiger partial charge on any atom is -0.497 e. The molecular weight excluding hydrogens is 364 g/mol. The van der Waals surface area contributed by atoms with E-state index in [1.807, 2.05) is 73.7 Å². The molecule has 0 bridgehead atoms. The molecule has 4 rings (SSSR count). The van der Waals surface area contributed by atoms with Crippen molar-refractivity contribution in [2.45, 2.75) is 13.5 Å². The molecule has 0 saturated heterocycles. The minimum atomic E-state index is -0.141. The second-order valence-electron chi connectivity index (χ2n) is 6.69. The largest absolute Gasteiger partial charge is 0.497 e. The quantitative estimate of drug-likeness (QED) is 0.508. The van der Waals surface area contributed by atoms with Crippen LogP contribution < -0.4 is 10.1 Å².